The number of nitrogens with zero attached hydrogens (tertiary/aromatic N) is 1. The van der Waals surface area contributed by atoms with Gasteiger partial charge in [-0.1, -0.05) is 17.7 Å². The average molecular weight is 345 g/mol. The Bertz CT molecular complexity index is 617. The minimum absolute atomic E-state index is 0.0105. The highest BCUT2D eigenvalue weighted by Gasteiger charge is 2.38. The number of anilines is 1. The van der Waals surface area contributed by atoms with Crippen molar-refractivity contribution in [2.75, 3.05) is 25.0 Å². The molecule has 1 aromatic rings. The Balaban J connectivity index is 1.45. The molecule has 0 spiro atoms. The van der Waals surface area contributed by atoms with Gasteiger partial charge in [-0.05, 0) is 51.3 Å². The van der Waals surface area contributed by atoms with Gasteiger partial charge in [0.1, 0.15) is 12.1 Å². The lowest BCUT2D eigenvalue weighted by atomic mass is 9.96. The predicted octanol–water partition coefficient (Wildman–Crippen LogP) is 2.53. The van der Waals surface area contributed by atoms with E-state index in [0.717, 1.165) is 43.6 Å². The molecule has 0 saturated carbocycles. The van der Waals surface area contributed by atoms with Gasteiger partial charge in [0.2, 0.25) is 0 Å². The molecule has 0 aliphatic carbocycles. The molecule has 3 rings (SSSR count). The molecule has 25 heavy (non-hydrogen) atoms. The highest BCUT2D eigenvalue weighted by Crippen LogP contribution is 2.25. The van der Waals surface area contributed by atoms with Crippen LogP contribution in [0.5, 0.6) is 0 Å². The van der Waals surface area contributed by atoms with Crippen molar-refractivity contribution >= 4 is 17.7 Å². The number of benzene rings is 1. The molecule has 0 radical (unpaired) electrons. The molecule has 1 aromatic carbocycles. The van der Waals surface area contributed by atoms with Crippen molar-refractivity contribution in [1.82, 2.24) is 10.2 Å². The summed E-state index contributed by atoms with van der Waals surface area (Å²) in [7, 11) is 0. The van der Waals surface area contributed by atoms with Gasteiger partial charge in [0, 0.05) is 25.2 Å². The standard InChI is InChI=1S/C19H27N3O3/c1-13-5-7-16(8-6-13)21-19(24)20-11-15-4-3-9-22(12-15)17-10-14(2)25-18(17)23/h5-8,14-15,17H,3-4,9-12H2,1-2H3,(H2,20,21,24)/t14-,15-,17+/m0/s1. The average Bonchev–Trinajstić information content (AvgIpc) is 2.94. The molecule has 3 atom stereocenters. The van der Waals surface area contributed by atoms with Crippen molar-refractivity contribution in [3.63, 3.8) is 0 Å². The van der Waals surface area contributed by atoms with Crippen LogP contribution in [0.25, 0.3) is 0 Å². The lowest BCUT2D eigenvalue weighted by Gasteiger charge is -2.35. The fraction of sp³-hybridized carbons (Fsp3) is 0.579. The van der Waals surface area contributed by atoms with Crippen LogP contribution in [-0.2, 0) is 9.53 Å². The third-order valence-electron chi connectivity index (χ3n) is 5.00. The van der Waals surface area contributed by atoms with Crippen molar-refractivity contribution in [3.05, 3.63) is 29.8 Å². The van der Waals surface area contributed by atoms with Crippen molar-refractivity contribution < 1.29 is 14.3 Å². The molecule has 2 saturated heterocycles. The summed E-state index contributed by atoms with van der Waals surface area (Å²) < 4.78 is 5.27. The number of piperidine rings is 1. The Hall–Kier alpha value is -2.08. The number of carbonyl (C=O) groups excluding carboxylic acids is 2. The zero-order valence-electron chi connectivity index (χ0n) is 15.0. The number of ether oxygens (including phenoxy) is 1. The van der Waals surface area contributed by atoms with Gasteiger partial charge in [0.25, 0.3) is 0 Å². The monoisotopic (exact) mass is 345 g/mol. The maximum Gasteiger partial charge on any atom is 0.323 e. The van der Waals surface area contributed by atoms with E-state index in [-0.39, 0.29) is 24.1 Å². The Labute approximate surface area is 148 Å². The Morgan fingerprint density at radius 3 is 2.76 bits per heavy atom. The molecule has 6 heteroatoms. The number of aryl methyl sites for hydroxylation is 1. The number of nitrogens with one attached hydrogen (secondary N) is 2. The SMILES string of the molecule is Cc1ccc(NC(=O)NC[C@@H]2CCCN([C@@H]3C[C@H](C)OC3=O)C2)cc1. The number of esters is 1. The minimum Gasteiger partial charge on any atom is -0.461 e. The van der Waals surface area contributed by atoms with Gasteiger partial charge < -0.3 is 15.4 Å². The maximum absolute atomic E-state index is 12.1. The summed E-state index contributed by atoms with van der Waals surface area (Å²) in [6.45, 7) is 6.33. The summed E-state index contributed by atoms with van der Waals surface area (Å²) in [5, 5.41) is 5.80. The Kier molecular flexibility index (Phi) is 5.58. The Morgan fingerprint density at radius 2 is 2.08 bits per heavy atom. The number of hydrogen-bond donors (Lipinski definition) is 2. The minimum atomic E-state index is -0.185. The quantitative estimate of drug-likeness (QED) is 0.823. The highest BCUT2D eigenvalue weighted by molar-refractivity contribution is 5.89. The fourth-order valence-corrected chi connectivity index (χ4v) is 3.63. The van der Waals surface area contributed by atoms with Crippen LogP contribution < -0.4 is 10.6 Å². The van der Waals surface area contributed by atoms with Crippen LogP contribution in [0.4, 0.5) is 10.5 Å². The summed E-state index contributed by atoms with van der Waals surface area (Å²) in [5.74, 6) is 0.263. The number of likely N-dealkylation sites (tertiary alicyclic amines) is 1. The zero-order valence-corrected chi connectivity index (χ0v) is 15.0. The van der Waals surface area contributed by atoms with E-state index in [2.05, 4.69) is 15.5 Å². The number of carbonyl (C=O) groups is 2. The van der Waals surface area contributed by atoms with Gasteiger partial charge in [0.05, 0.1) is 0 Å². The van der Waals surface area contributed by atoms with Crippen LogP contribution >= 0.6 is 0 Å². The molecule has 2 N–H and O–H groups in total. The van der Waals surface area contributed by atoms with Crippen LogP contribution in [0.2, 0.25) is 0 Å². The smallest absolute Gasteiger partial charge is 0.323 e. The van der Waals surface area contributed by atoms with Gasteiger partial charge in [-0.25, -0.2) is 4.79 Å². The number of hydrogen-bond acceptors (Lipinski definition) is 4. The molecule has 6 nitrogen and oxygen atoms in total. The summed E-state index contributed by atoms with van der Waals surface area (Å²) in [6, 6.07) is 7.43. The molecule has 2 aliphatic heterocycles. The second kappa shape index (κ2) is 7.87. The van der Waals surface area contributed by atoms with Crippen molar-refractivity contribution in [2.24, 2.45) is 5.92 Å². The van der Waals surface area contributed by atoms with Gasteiger partial charge in [0.15, 0.2) is 0 Å². The van der Waals surface area contributed by atoms with E-state index in [1.54, 1.807) is 0 Å². The summed E-state index contributed by atoms with van der Waals surface area (Å²) >= 11 is 0. The van der Waals surface area contributed by atoms with E-state index in [4.69, 9.17) is 4.74 Å². The number of urea groups is 1. The molecule has 2 heterocycles. The van der Waals surface area contributed by atoms with Crippen molar-refractivity contribution in [3.8, 4) is 0 Å². The molecular formula is C19H27N3O3. The molecule has 136 valence electrons. The van der Waals surface area contributed by atoms with Crippen molar-refractivity contribution in [2.45, 2.75) is 45.3 Å². The number of amides is 2. The number of rotatable bonds is 4. The van der Waals surface area contributed by atoms with Crippen LogP contribution in [-0.4, -0.2) is 48.7 Å². The van der Waals surface area contributed by atoms with E-state index in [1.807, 2.05) is 38.1 Å². The first kappa shape index (κ1) is 17.7. The molecule has 2 aliphatic rings. The van der Waals surface area contributed by atoms with Gasteiger partial charge in [-0.2, -0.15) is 0 Å². The van der Waals surface area contributed by atoms with Gasteiger partial charge >= 0.3 is 12.0 Å². The molecular weight excluding hydrogens is 318 g/mol. The van der Waals surface area contributed by atoms with Crippen LogP contribution in [0.1, 0.15) is 31.7 Å². The maximum atomic E-state index is 12.1. The topological polar surface area (TPSA) is 70.7 Å². The summed E-state index contributed by atoms with van der Waals surface area (Å²) in [6.07, 6.45) is 2.89. The fourth-order valence-electron chi connectivity index (χ4n) is 3.63. The molecule has 0 aromatic heterocycles. The molecule has 2 fully saturated rings. The first-order chi connectivity index (χ1) is 12.0. The number of cyclic esters (lactones) is 1. The first-order valence-electron chi connectivity index (χ1n) is 9.07. The largest absolute Gasteiger partial charge is 0.461 e. The van der Waals surface area contributed by atoms with Crippen molar-refractivity contribution in [1.29, 1.82) is 0 Å². The second-order valence-corrected chi connectivity index (χ2v) is 7.20. The van der Waals surface area contributed by atoms with E-state index < -0.39 is 0 Å². The summed E-state index contributed by atoms with van der Waals surface area (Å²) in [4.78, 5) is 26.2. The third kappa shape index (κ3) is 4.72. The normalized spacial score (nSPS) is 27.0. The molecule has 0 bridgehead atoms. The third-order valence-corrected chi connectivity index (χ3v) is 5.00. The van der Waals surface area contributed by atoms with E-state index in [0.29, 0.717) is 12.5 Å². The molecule has 2 amide bonds. The van der Waals surface area contributed by atoms with Crippen LogP contribution in [0.15, 0.2) is 24.3 Å². The van der Waals surface area contributed by atoms with E-state index >= 15 is 0 Å². The van der Waals surface area contributed by atoms with Crippen LogP contribution in [0, 0.1) is 12.8 Å². The lowest BCUT2D eigenvalue weighted by Crippen LogP contribution is -2.47. The van der Waals surface area contributed by atoms with E-state index in [9.17, 15) is 9.59 Å². The van der Waals surface area contributed by atoms with Crippen LogP contribution in [0.3, 0.4) is 0 Å². The van der Waals surface area contributed by atoms with E-state index in [1.165, 1.54) is 0 Å². The first-order valence-corrected chi connectivity index (χ1v) is 9.07. The highest BCUT2D eigenvalue weighted by atomic mass is 16.6. The zero-order chi connectivity index (χ0) is 17.8. The Morgan fingerprint density at radius 1 is 1.32 bits per heavy atom. The predicted molar refractivity (Wildman–Crippen MR) is 96.5 cm³/mol. The lowest BCUT2D eigenvalue weighted by molar-refractivity contribution is -0.145. The summed E-state index contributed by atoms with van der Waals surface area (Å²) in [5.41, 5.74) is 1.95. The van der Waals surface area contributed by atoms with Gasteiger partial charge in [-0.3, -0.25) is 9.69 Å². The second-order valence-electron chi connectivity index (χ2n) is 7.20. The molecule has 0 unspecified atom stereocenters. The van der Waals surface area contributed by atoms with Gasteiger partial charge in [-0.15, -0.1) is 0 Å².